The third kappa shape index (κ3) is 2.69. The molecule has 1 aromatic heterocycles. The smallest absolute Gasteiger partial charge is 0.193 e. The molecule has 0 aliphatic heterocycles. The fourth-order valence-electron chi connectivity index (χ4n) is 1.56. The number of carbonyl (C=O) groups is 1. The molecule has 3 heteroatoms. The molecular formula is C14H13NO2. The van der Waals surface area contributed by atoms with Crippen LogP contribution in [-0.2, 0) is 0 Å². The van der Waals surface area contributed by atoms with E-state index < -0.39 is 0 Å². The lowest BCUT2D eigenvalue weighted by Gasteiger charge is -2.05. The van der Waals surface area contributed by atoms with E-state index in [1.165, 1.54) is 0 Å². The Morgan fingerprint density at radius 1 is 1.18 bits per heavy atom. The van der Waals surface area contributed by atoms with Crippen molar-refractivity contribution >= 4 is 5.78 Å². The monoisotopic (exact) mass is 227 g/mol. The largest absolute Gasteiger partial charge is 0.494 e. The molecule has 1 aromatic carbocycles. The van der Waals surface area contributed by atoms with Crippen LogP contribution in [0, 0.1) is 0 Å². The van der Waals surface area contributed by atoms with Crippen LogP contribution in [0.25, 0.3) is 0 Å². The molecule has 0 aliphatic rings. The summed E-state index contributed by atoms with van der Waals surface area (Å²) in [5, 5.41) is 0. The van der Waals surface area contributed by atoms with Gasteiger partial charge in [-0.25, -0.2) is 0 Å². The molecule has 0 aliphatic carbocycles. The molecular weight excluding hydrogens is 214 g/mol. The van der Waals surface area contributed by atoms with Gasteiger partial charge in [0.1, 0.15) is 5.75 Å². The molecule has 0 saturated carbocycles. The van der Waals surface area contributed by atoms with Crippen molar-refractivity contribution < 1.29 is 9.53 Å². The highest BCUT2D eigenvalue weighted by Crippen LogP contribution is 2.16. The van der Waals surface area contributed by atoms with Gasteiger partial charge in [0.15, 0.2) is 5.78 Å². The minimum absolute atomic E-state index is 0.0195. The van der Waals surface area contributed by atoms with Crippen molar-refractivity contribution in [3.05, 3.63) is 59.9 Å². The van der Waals surface area contributed by atoms with Gasteiger partial charge in [0.05, 0.1) is 6.61 Å². The average Bonchev–Trinajstić information content (AvgIpc) is 2.40. The van der Waals surface area contributed by atoms with Gasteiger partial charge in [0.25, 0.3) is 0 Å². The Labute approximate surface area is 100 Å². The van der Waals surface area contributed by atoms with Gasteiger partial charge in [-0.1, -0.05) is 12.1 Å². The number of rotatable bonds is 4. The molecule has 3 nitrogen and oxygen atoms in total. The summed E-state index contributed by atoms with van der Waals surface area (Å²) in [6, 6.07) is 10.6. The maximum atomic E-state index is 12.1. The number of benzene rings is 1. The van der Waals surface area contributed by atoms with E-state index in [0.29, 0.717) is 23.5 Å². The van der Waals surface area contributed by atoms with Gasteiger partial charge in [-0.05, 0) is 31.2 Å². The third-order valence-corrected chi connectivity index (χ3v) is 2.35. The van der Waals surface area contributed by atoms with Gasteiger partial charge in [-0.2, -0.15) is 0 Å². The number of ether oxygens (including phenoxy) is 1. The fourth-order valence-corrected chi connectivity index (χ4v) is 1.56. The van der Waals surface area contributed by atoms with E-state index in [1.54, 1.807) is 36.7 Å². The predicted molar refractivity (Wildman–Crippen MR) is 65.3 cm³/mol. The number of nitrogens with zero attached hydrogens (tertiary/aromatic N) is 1. The molecule has 0 spiro atoms. The highest BCUT2D eigenvalue weighted by atomic mass is 16.5. The van der Waals surface area contributed by atoms with Crippen molar-refractivity contribution in [3.8, 4) is 5.75 Å². The summed E-state index contributed by atoms with van der Waals surface area (Å²) in [5.41, 5.74) is 1.26. The van der Waals surface area contributed by atoms with Gasteiger partial charge >= 0.3 is 0 Å². The summed E-state index contributed by atoms with van der Waals surface area (Å²) < 4.78 is 5.37. The van der Waals surface area contributed by atoms with Gasteiger partial charge in [-0.3, -0.25) is 9.78 Å². The maximum absolute atomic E-state index is 12.1. The molecule has 0 atom stereocenters. The summed E-state index contributed by atoms with van der Waals surface area (Å²) in [6.45, 7) is 2.50. The molecule has 0 radical (unpaired) electrons. The summed E-state index contributed by atoms with van der Waals surface area (Å²) in [6.07, 6.45) is 3.22. The Kier molecular flexibility index (Phi) is 3.50. The SMILES string of the molecule is CCOc1cccc(C(=O)c2ccncc2)c1. The first kappa shape index (κ1) is 11.3. The van der Waals surface area contributed by atoms with Gasteiger partial charge < -0.3 is 4.74 Å². The number of hydrogen-bond donors (Lipinski definition) is 0. The fraction of sp³-hybridized carbons (Fsp3) is 0.143. The minimum Gasteiger partial charge on any atom is -0.494 e. The lowest BCUT2D eigenvalue weighted by Crippen LogP contribution is -2.02. The van der Waals surface area contributed by atoms with E-state index in [4.69, 9.17) is 4.74 Å². The molecule has 2 rings (SSSR count). The van der Waals surface area contributed by atoms with Crippen LogP contribution < -0.4 is 4.74 Å². The quantitative estimate of drug-likeness (QED) is 0.754. The lowest BCUT2D eigenvalue weighted by molar-refractivity contribution is 0.103. The summed E-state index contributed by atoms with van der Waals surface area (Å²) in [7, 11) is 0. The van der Waals surface area contributed by atoms with Crippen LogP contribution in [0.5, 0.6) is 5.75 Å². The summed E-state index contributed by atoms with van der Waals surface area (Å²) in [5.74, 6) is 0.696. The van der Waals surface area contributed by atoms with Gasteiger partial charge in [0, 0.05) is 23.5 Å². The number of pyridine rings is 1. The van der Waals surface area contributed by atoms with E-state index in [0.717, 1.165) is 0 Å². The standard InChI is InChI=1S/C14H13NO2/c1-2-17-13-5-3-4-12(10-13)14(16)11-6-8-15-9-7-11/h3-10H,2H2,1H3. The number of carbonyl (C=O) groups excluding carboxylic acids is 1. The van der Waals surface area contributed by atoms with Crippen molar-refractivity contribution in [1.29, 1.82) is 0 Å². The topological polar surface area (TPSA) is 39.2 Å². The first-order valence-electron chi connectivity index (χ1n) is 5.49. The lowest BCUT2D eigenvalue weighted by atomic mass is 10.0. The highest BCUT2D eigenvalue weighted by Gasteiger charge is 2.09. The zero-order valence-corrected chi connectivity index (χ0v) is 9.59. The molecule has 17 heavy (non-hydrogen) atoms. The number of ketones is 1. The molecule has 0 N–H and O–H groups in total. The molecule has 1 heterocycles. The third-order valence-electron chi connectivity index (χ3n) is 2.35. The average molecular weight is 227 g/mol. The van der Waals surface area contributed by atoms with E-state index >= 15 is 0 Å². The number of hydrogen-bond acceptors (Lipinski definition) is 3. The van der Waals surface area contributed by atoms with Crippen molar-refractivity contribution in [1.82, 2.24) is 4.98 Å². The Morgan fingerprint density at radius 3 is 2.65 bits per heavy atom. The molecule has 0 unspecified atom stereocenters. The minimum atomic E-state index is -0.0195. The van der Waals surface area contributed by atoms with Crippen molar-refractivity contribution in [2.24, 2.45) is 0 Å². The van der Waals surface area contributed by atoms with Crippen molar-refractivity contribution in [2.75, 3.05) is 6.61 Å². The normalized spacial score (nSPS) is 9.94. The zero-order chi connectivity index (χ0) is 12.1. The first-order valence-corrected chi connectivity index (χ1v) is 5.49. The molecule has 0 fully saturated rings. The summed E-state index contributed by atoms with van der Waals surface area (Å²) in [4.78, 5) is 16.0. The second kappa shape index (κ2) is 5.25. The second-order valence-corrected chi connectivity index (χ2v) is 3.53. The van der Waals surface area contributed by atoms with Crippen LogP contribution in [-0.4, -0.2) is 17.4 Å². The van der Waals surface area contributed by atoms with E-state index in [-0.39, 0.29) is 5.78 Å². The molecule has 2 aromatic rings. The van der Waals surface area contributed by atoms with Crippen LogP contribution in [0.1, 0.15) is 22.8 Å². The Morgan fingerprint density at radius 2 is 1.94 bits per heavy atom. The molecule has 0 bridgehead atoms. The van der Waals surface area contributed by atoms with Crippen LogP contribution in [0.3, 0.4) is 0 Å². The second-order valence-electron chi connectivity index (χ2n) is 3.53. The summed E-state index contributed by atoms with van der Waals surface area (Å²) >= 11 is 0. The maximum Gasteiger partial charge on any atom is 0.193 e. The molecule has 0 amide bonds. The molecule has 0 saturated heterocycles. The molecule has 86 valence electrons. The van der Waals surface area contributed by atoms with Gasteiger partial charge in [0.2, 0.25) is 0 Å². The van der Waals surface area contributed by atoms with E-state index in [2.05, 4.69) is 4.98 Å². The van der Waals surface area contributed by atoms with Gasteiger partial charge in [-0.15, -0.1) is 0 Å². The van der Waals surface area contributed by atoms with E-state index in [1.807, 2.05) is 19.1 Å². The van der Waals surface area contributed by atoms with E-state index in [9.17, 15) is 4.79 Å². The zero-order valence-electron chi connectivity index (χ0n) is 9.59. The Hall–Kier alpha value is -2.16. The van der Waals surface area contributed by atoms with Crippen LogP contribution >= 0.6 is 0 Å². The Balaban J connectivity index is 2.28. The van der Waals surface area contributed by atoms with Crippen LogP contribution in [0.4, 0.5) is 0 Å². The first-order chi connectivity index (χ1) is 8.31. The van der Waals surface area contributed by atoms with Crippen molar-refractivity contribution in [3.63, 3.8) is 0 Å². The predicted octanol–water partition coefficient (Wildman–Crippen LogP) is 2.71. The van der Waals surface area contributed by atoms with Crippen molar-refractivity contribution in [2.45, 2.75) is 6.92 Å². The number of aromatic nitrogens is 1. The van der Waals surface area contributed by atoms with Crippen LogP contribution in [0.15, 0.2) is 48.8 Å². The van der Waals surface area contributed by atoms with Crippen LogP contribution in [0.2, 0.25) is 0 Å². The highest BCUT2D eigenvalue weighted by molar-refractivity contribution is 6.09. The Bertz CT molecular complexity index is 509.